The van der Waals surface area contributed by atoms with Crippen molar-refractivity contribution in [2.75, 3.05) is 0 Å². The number of aromatic amines is 2. The zero-order valence-electron chi connectivity index (χ0n) is 17.1. The van der Waals surface area contributed by atoms with Crippen molar-refractivity contribution in [1.29, 1.82) is 0 Å². The molecule has 31 heavy (non-hydrogen) atoms. The molecule has 6 nitrogen and oxygen atoms in total. The molecule has 6 heteroatoms. The van der Waals surface area contributed by atoms with Gasteiger partial charge in [-0.3, -0.25) is 19.9 Å². The number of benzene rings is 1. The average molecular weight is 407 g/mol. The zero-order chi connectivity index (χ0) is 20.9. The van der Waals surface area contributed by atoms with Gasteiger partial charge in [-0.15, -0.1) is 0 Å². The van der Waals surface area contributed by atoms with Crippen LogP contribution in [-0.4, -0.2) is 30.9 Å². The van der Waals surface area contributed by atoms with Gasteiger partial charge >= 0.3 is 0 Å². The molecule has 1 fully saturated rings. The Morgan fingerprint density at radius 3 is 2.81 bits per heavy atom. The van der Waals surface area contributed by atoms with Gasteiger partial charge in [-0.1, -0.05) is 6.07 Å². The fourth-order valence-corrected chi connectivity index (χ4v) is 4.16. The Bertz CT molecular complexity index is 1460. The molecule has 0 aliphatic heterocycles. The first-order valence-electron chi connectivity index (χ1n) is 10.6. The SMILES string of the molecule is Cc1cccc(CC(=O)c2cc3cc4c(-c5ccnc(C6CC6)c5)[nH][nH]c4cc3n2)n1. The van der Waals surface area contributed by atoms with E-state index in [1.165, 1.54) is 12.8 Å². The molecule has 0 saturated heterocycles. The number of fused-ring (bicyclic) bond motifs is 2. The van der Waals surface area contributed by atoms with E-state index in [0.717, 1.165) is 50.1 Å². The molecule has 0 bridgehead atoms. The molecule has 5 aromatic rings. The average Bonchev–Trinajstić information content (AvgIpc) is 3.41. The van der Waals surface area contributed by atoms with E-state index in [2.05, 4.69) is 37.3 Å². The third-order valence-electron chi connectivity index (χ3n) is 5.93. The number of hydrogen-bond donors (Lipinski definition) is 2. The predicted molar refractivity (Wildman–Crippen MR) is 120 cm³/mol. The summed E-state index contributed by atoms with van der Waals surface area (Å²) in [4.78, 5) is 26.3. The molecule has 1 aliphatic carbocycles. The van der Waals surface area contributed by atoms with Crippen molar-refractivity contribution in [3.05, 3.63) is 77.5 Å². The van der Waals surface area contributed by atoms with Crippen LogP contribution in [0.25, 0.3) is 33.1 Å². The van der Waals surface area contributed by atoms with Crippen LogP contribution in [0.4, 0.5) is 0 Å². The van der Waals surface area contributed by atoms with Crippen LogP contribution in [-0.2, 0) is 6.42 Å². The van der Waals surface area contributed by atoms with Crippen molar-refractivity contribution >= 4 is 27.6 Å². The molecule has 1 aliphatic rings. The molecule has 2 N–H and O–H groups in total. The minimum Gasteiger partial charge on any atom is -0.300 e. The number of carbonyl (C=O) groups excluding carboxylic acids is 1. The Balaban J connectivity index is 1.36. The molecule has 0 radical (unpaired) electrons. The number of nitrogens with one attached hydrogen (secondary N) is 2. The monoisotopic (exact) mass is 407 g/mol. The van der Waals surface area contributed by atoms with Gasteiger partial charge in [0.1, 0.15) is 5.69 Å². The molecule has 0 spiro atoms. The van der Waals surface area contributed by atoms with Crippen molar-refractivity contribution in [3.63, 3.8) is 0 Å². The van der Waals surface area contributed by atoms with Crippen molar-refractivity contribution in [3.8, 4) is 11.3 Å². The van der Waals surface area contributed by atoms with E-state index in [4.69, 9.17) is 0 Å². The number of ketones is 1. The highest BCUT2D eigenvalue weighted by Gasteiger charge is 2.25. The van der Waals surface area contributed by atoms with Crippen molar-refractivity contribution in [1.82, 2.24) is 25.1 Å². The Kier molecular flexibility index (Phi) is 3.99. The smallest absolute Gasteiger partial charge is 0.187 e. The topological polar surface area (TPSA) is 87.3 Å². The van der Waals surface area contributed by atoms with E-state index in [-0.39, 0.29) is 12.2 Å². The van der Waals surface area contributed by atoms with E-state index in [9.17, 15) is 4.79 Å². The standard InChI is InChI=1S/C25H21N5O/c1-14-3-2-4-18(27-14)12-24(31)23-11-17-9-19-22(13-21(17)28-23)29-30-25(19)16-7-8-26-20(10-16)15-5-6-15/h2-4,7-11,13,15,29-30H,5-6,12H2,1H3. The third kappa shape index (κ3) is 3.30. The number of hydrogen-bond acceptors (Lipinski definition) is 4. The Morgan fingerprint density at radius 1 is 1.06 bits per heavy atom. The fraction of sp³-hybridized carbons (Fsp3) is 0.200. The van der Waals surface area contributed by atoms with E-state index < -0.39 is 0 Å². The molecular formula is C25H21N5O. The summed E-state index contributed by atoms with van der Waals surface area (Å²) < 4.78 is 0. The van der Waals surface area contributed by atoms with Crippen LogP contribution < -0.4 is 0 Å². The highest BCUT2D eigenvalue weighted by Crippen LogP contribution is 2.40. The summed E-state index contributed by atoms with van der Waals surface area (Å²) in [5.74, 6) is 0.584. The summed E-state index contributed by atoms with van der Waals surface area (Å²) in [6.45, 7) is 1.93. The second-order valence-electron chi connectivity index (χ2n) is 8.34. The largest absolute Gasteiger partial charge is 0.300 e. The van der Waals surface area contributed by atoms with Crippen LogP contribution in [0.3, 0.4) is 0 Å². The van der Waals surface area contributed by atoms with Crippen LogP contribution in [0.2, 0.25) is 0 Å². The maximum atomic E-state index is 12.8. The maximum absolute atomic E-state index is 12.8. The van der Waals surface area contributed by atoms with E-state index >= 15 is 0 Å². The van der Waals surface area contributed by atoms with Gasteiger partial charge in [-0.25, -0.2) is 4.98 Å². The first kappa shape index (κ1) is 18.0. The summed E-state index contributed by atoms with van der Waals surface area (Å²) in [6.07, 6.45) is 4.59. The minimum atomic E-state index is -0.0204. The van der Waals surface area contributed by atoms with E-state index in [1.807, 2.05) is 49.5 Å². The van der Waals surface area contributed by atoms with E-state index in [1.54, 1.807) is 0 Å². The zero-order valence-corrected chi connectivity index (χ0v) is 17.1. The number of rotatable bonds is 5. The molecule has 4 aromatic heterocycles. The Labute approximate surface area is 178 Å². The maximum Gasteiger partial charge on any atom is 0.187 e. The van der Waals surface area contributed by atoms with Gasteiger partial charge in [0.25, 0.3) is 0 Å². The summed E-state index contributed by atoms with van der Waals surface area (Å²) >= 11 is 0. The highest BCUT2D eigenvalue weighted by atomic mass is 16.1. The minimum absolute atomic E-state index is 0.0204. The molecule has 1 aromatic carbocycles. The number of aryl methyl sites for hydroxylation is 1. The lowest BCUT2D eigenvalue weighted by Gasteiger charge is -2.02. The number of pyridine rings is 2. The number of carbonyl (C=O) groups is 1. The summed E-state index contributed by atoms with van der Waals surface area (Å²) in [7, 11) is 0. The van der Waals surface area contributed by atoms with Crippen LogP contribution in [0.5, 0.6) is 0 Å². The highest BCUT2D eigenvalue weighted by molar-refractivity contribution is 6.05. The number of aromatic nitrogens is 5. The van der Waals surface area contributed by atoms with Gasteiger partial charge in [0, 0.05) is 45.5 Å². The fourth-order valence-electron chi connectivity index (χ4n) is 4.16. The normalized spacial score (nSPS) is 13.8. The van der Waals surface area contributed by atoms with Gasteiger partial charge in [0.05, 0.1) is 23.1 Å². The molecular weight excluding hydrogens is 386 g/mol. The van der Waals surface area contributed by atoms with Crippen LogP contribution in [0.15, 0.2) is 54.7 Å². The molecule has 0 unspecified atom stereocenters. The second-order valence-corrected chi connectivity index (χ2v) is 8.34. The molecule has 0 atom stereocenters. The van der Waals surface area contributed by atoms with Crippen molar-refractivity contribution < 1.29 is 4.79 Å². The molecule has 0 amide bonds. The Hall–Kier alpha value is -3.80. The van der Waals surface area contributed by atoms with Gasteiger partial charge in [-0.2, -0.15) is 0 Å². The predicted octanol–water partition coefficient (Wildman–Crippen LogP) is 5.11. The van der Waals surface area contributed by atoms with E-state index in [0.29, 0.717) is 11.6 Å². The van der Waals surface area contributed by atoms with Gasteiger partial charge < -0.3 is 5.10 Å². The van der Waals surface area contributed by atoms with Gasteiger partial charge in [-0.05, 0) is 62.2 Å². The third-order valence-corrected chi connectivity index (χ3v) is 5.93. The first-order chi connectivity index (χ1) is 15.1. The van der Waals surface area contributed by atoms with Crippen LogP contribution in [0, 0.1) is 6.92 Å². The quantitative estimate of drug-likeness (QED) is 0.396. The summed E-state index contributed by atoms with van der Waals surface area (Å²) in [5.41, 5.74) is 7.23. The second kappa shape index (κ2) is 6.87. The first-order valence-corrected chi connectivity index (χ1v) is 10.6. The molecule has 6 rings (SSSR count). The van der Waals surface area contributed by atoms with Crippen molar-refractivity contribution in [2.45, 2.75) is 32.1 Å². The molecule has 4 heterocycles. The van der Waals surface area contributed by atoms with Gasteiger partial charge in [0.2, 0.25) is 0 Å². The van der Waals surface area contributed by atoms with Crippen LogP contribution in [0.1, 0.15) is 46.3 Å². The number of nitrogens with zero attached hydrogens (tertiary/aromatic N) is 3. The molecule has 152 valence electrons. The number of H-pyrrole nitrogens is 2. The number of Topliss-reactive ketones (excluding diaryl/α,β-unsaturated/α-hetero) is 1. The lowest BCUT2D eigenvalue weighted by Crippen LogP contribution is -2.05. The van der Waals surface area contributed by atoms with Crippen LogP contribution >= 0.6 is 0 Å². The van der Waals surface area contributed by atoms with Gasteiger partial charge in [0.15, 0.2) is 5.78 Å². The summed E-state index contributed by atoms with van der Waals surface area (Å²) in [5, 5.41) is 8.58. The molecule has 1 saturated carbocycles. The lowest BCUT2D eigenvalue weighted by molar-refractivity contribution is 0.0988. The Morgan fingerprint density at radius 2 is 1.97 bits per heavy atom. The lowest BCUT2D eigenvalue weighted by atomic mass is 10.1. The van der Waals surface area contributed by atoms with Crippen molar-refractivity contribution in [2.24, 2.45) is 0 Å². The summed E-state index contributed by atoms with van der Waals surface area (Å²) in [6, 6.07) is 15.9.